The summed E-state index contributed by atoms with van der Waals surface area (Å²) in [4.78, 5) is 37.2. The second kappa shape index (κ2) is 8.97. The third-order valence-corrected chi connectivity index (χ3v) is 5.56. The SMILES string of the molecule is Cc1ccc(/C=C2\SC(=S)N(CCC(=O)Nc3ccccc3[N+](=O)[O-])C2=O)cc1. The number of amides is 2. The number of thiocarbonyl (C=S) groups is 1. The number of nitro benzene ring substituents is 1. The van der Waals surface area contributed by atoms with Crippen molar-refractivity contribution in [3.63, 3.8) is 0 Å². The maximum atomic E-state index is 12.6. The third-order valence-electron chi connectivity index (χ3n) is 4.19. The summed E-state index contributed by atoms with van der Waals surface area (Å²) < 4.78 is 0.381. The molecule has 1 N–H and O–H groups in total. The quantitative estimate of drug-likeness (QED) is 0.322. The van der Waals surface area contributed by atoms with E-state index in [-0.39, 0.29) is 30.2 Å². The molecule has 0 unspecified atom stereocenters. The fraction of sp³-hybridized carbons (Fsp3) is 0.150. The number of rotatable bonds is 6. The predicted molar refractivity (Wildman–Crippen MR) is 117 cm³/mol. The van der Waals surface area contributed by atoms with Crippen LogP contribution in [0.25, 0.3) is 6.08 Å². The second-order valence-electron chi connectivity index (χ2n) is 6.32. The minimum atomic E-state index is -0.562. The van der Waals surface area contributed by atoms with Gasteiger partial charge in [0.15, 0.2) is 0 Å². The predicted octanol–water partition coefficient (Wildman–Crippen LogP) is 4.13. The first-order valence-electron chi connectivity index (χ1n) is 8.70. The van der Waals surface area contributed by atoms with Crippen molar-refractivity contribution < 1.29 is 14.5 Å². The van der Waals surface area contributed by atoms with Crippen LogP contribution in [0.2, 0.25) is 0 Å². The summed E-state index contributed by atoms with van der Waals surface area (Å²) in [6.45, 7) is 2.08. The molecule has 0 bridgehead atoms. The number of thioether (sulfide) groups is 1. The topological polar surface area (TPSA) is 92.6 Å². The molecule has 0 aromatic heterocycles. The monoisotopic (exact) mass is 427 g/mol. The zero-order valence-electron chi connectivity index (χ0n) is 15.5. The van der Waals surface area contributed by atoms with Crippen LogP contribution in [0.1, 0.15) is 17.5 Å². The average molecular weight is 428 g/mol. The highest BCUT2D eigenvalue weighted by atomic mass is 32.2. The number of carbonyl (C=O) groups is 2. The van der Waals surface area contributed by atoms with E-state index < -0.39 is 10.8 Å². The number of hydrogen-bond acceptors (Lipinski definition) is 6. The molecule has 1 heterocycles. The van der Waals surface area contributed by atoms with Crippen molar-refractivity contribution >= 4 is 57.6 Å². The molecule has 0 saturated carbocycles. The van der Waals surface area contributed by atoms with Gasteiger partial charge in [-0.2, -0.15) is 0 Å². The normalized spacial score (nSPS) is 15.1. The van der Waals surface area contributed by atoms with E-state index >= 15 is 0 Å². The second-order valence-corrected chi connectivity index (χ2v) is 7.99. The Morgan fingerprint density at radius 2 is 1.93 bits per heavy atom. The Labute approximate surface area is 176 Å². The van der Waals surface area contributed by atoms with Crippen LogP contribution in [0.4, 0.5) is 11.4 Å². The number of benzene rings is 2. The molecule has 0 aliphatic carbocycles. The molecular formula is C20H17N3O4S2. The highest BCUT2D eigenvalue weighted by Gasteiger charge is 2.32. The Kier molecular flexibility index (Phi) is 6.40. The van der Waals surface area contributed by atoms with Crippen LogP contribution in [0.15, 0.2) is 53.4 Å². The summed E-state index contributed by atoms with van der Waals surface area (Å²) in [7, 11) is 0. The summed E-state index contributed by atoms with van der Waals surface area (Å²) in [5.41, 5.74) is 1.95. The van der Waals surface area contributed by atoms with E-state index in [9.17, 15) is 19.7 Å². The highest BCUT2D eigenvalue weighted by Crippen LogP contribution is 2.32. The molecule has 1 saturated heterocycles. The lowest BCUT2D eigenvalue weighted by Gasteiger charge is -2.14. The molecule has 0 radical (unpaired) electrons. The molecule has 1 aliphatic heterocycles. The van der Waals surface area contributed by atoms with Crippen LogP contribution in [0.5, 0.6) is 0 Å². The Hall–Kier alpha value is -3.04. The van der Waals surface area contributed by atoms with Crippen molar-refractivity contribution in [1.82, 2.24) is 4.90 Å². The molecule has 0 spiro atoms. The van der Waals surface area contributed by atoms with Gasteiger partial charge in [-0.15, -0.1) is 0 Å². The molecule has 2 aromatic carbocycles. The minimum Gasteiger partial charge on any atom is -0.320 e. The summed E-state index contributed by atoms with van der Waals surface area (Å²) in [5.74, 6) is -0.685. The first kappa shape index (κ1) is 20.7. The Morgan fingerprint density at radius 1 is 1.24 bits per heavy atom. The summed E-state index contributed by atoms with van der Waals surface area (Å²) in [5, 5.41) is 13.6. The van der Waals surface area contributed by atoms with Gasteiger partial charge in [-0.1, -0.05) is 65.9 Å². The molecule has 9 heteroatoms. The first-order valence-corrected chi connectivity index (χ1v) is 9.93. The van der Waals surface area contributed by atoms with Crippen LogP contribution in [-0.2, 0) is 9.59 Å². The zero-order chi connectivity index (χ0) is 21.0. The Balaban J connectivity index is 1.63. The van der Waals surface area contributed by atoms with Gasteiger partial charge in [0, 0.05) is 19.0 Å². The molecule has 1 fully saturated rings. The smallest absolute Gasteiger partial charge is 0.292 e. The summed E-state index contributed by atoms with van der Waals surface area (Å²) in [6.07, 6.45) is 1.74. The number of para-hydroxylation sites is 2. The Bertz CT molecular complexity index is 1020. The third kappa shape index (κ3) is 5.07. The molecule has 2 amide bonds. The number of nitro groups is 1. The van der Waals surface area contributed by atoms with Gasteiger partial charge >= 0.3 is 0 Å². The average Bonchev–Trinajstić information content (AvgIpc) is 2.95. The maximum Gasteiger partial charge on any atom is 0.292 e. The largest absolute Gasteiger partial charge is 0.320 e. The van der Waals surface area contributed by atoms with E-state index in [4.69, 9.17) is 12.2 Å². The van der Waals surface area contributed by atoms with Crippen LogP contribution < -0.4 is 5.32 Å². The van der Waals surface area contributed by atoms with Crippen LogP contribution in [0.3, 0.4) is 0 Å². The molecule has 29 heavy (non-hydrogen) atoms. The fourth-order valence-electron chi connectivity index (χ4n) is 2.67. The van der Waals surface area contributed by atoms with E-state index in [1.165, 1.54) is 34.9 Å². The summed E-state index contributed by atoms with van der Waals surface area (Å²) in [6, 6.07) is 13.6. The molecule has 1 aliphatic rings. The van der Waals surface area contributed by atoms with E-state index in [1.54, 1.807) is 12.1 Å². The number of nitrogens with one attached hydrogen (secondary N) is 1. The summed E-state index contributed by atoms with van der Waals surface area (Å²) >= 11 is 6.47. The van der Waals surface area contributed by atoms with Crippen LogP contribution in [0, 0.1) is 17.0 Å². The van der Waals surface area contributed by atoms with Crippen molar-refractivity contribution in [1.29, 1.82) is 0 Å². The van der Waals surface area contributed by atoms with Gasteiger partial charge in [0.05, 0.1) is 9.83 Å². The molecule has 2 aromatic rings. The van der Waals surface area contributed by atoms with Crippen molar-refractivity contribution in [2.45, 2.75) is 13.3 Å². The fourth-order valence-corrected chi connectivity index (χ4v) is 3.98. The molecular weight excluding hydrogens is 410 g/mol. The lowest BCUT2D eigenvalue weighted by Crippen LogP contribution is -2.31. The standard InChI is InChI=1S/C20H17N3O4S2/c1-13-6-8-14(9-7-13)12-17-19(25)22(20(28)29-17)11-10-18(24)21-15-4-2-3-5-16(15)23(26)27/h2-9,12H,10-11H2,1H3,(H,21,24)/b17-12-. The van der Waals surface area contributed by atoms with Crippen LogP contribution in [-0.4, -0.2) is 32.5 Å². The number of hydrogen-bond donors (Lipinski definition) is 1. The number of anilines is 1. The first-order chi connectivity index (χ1) is 13.8. The van der Waals surface area contributed by atoms with Crippen molar-refractivity contribution in [3.8, 4) is 0 Å². The Morgan fingerprint density at radius 3 is 2.62 bits per heavy atom. The number of carbonyl (C=O) groups excluding carboxylic acids is 2. The maximum absolute atomic E-state index is 12.6. The van der Waals surface area contributed by atoms with Gasteiger partial charge in [0.25, 0.3) is 11.6 Å². The van der Waals surface area contributed by atoms with E-state index in [2.05, 4.69) is 5.32 Å². The van der Waals surface area contributed by atoms with Gasteiger partial charge in [0.1, 0.15) is 10.0 Å². The van der Waals surface area contributed by atoms with Gasteiger partial charge < -0.3 is 5.32 Å². The van der Waals surface area contributed by atoms with Crippen LogP contribution >= 0.6 is 24.0 Å². The molecule has 3 rings (SSSR count). The zero-order valence-corrected chi connectivity index (χ0v) is 17.1. The molecule has 148 valence electrons. The van der Waals surface area contributed by atoms with Crippen molar-refractivity contribution in [2.24, 2.45) is 0 Å². The van der Waals surface area contributed by atoms with Gasteiger partial charge in [-0.3, -0.25) is 24.6 Å². The minimum absolute atomic E-state index is 0.0314. The van der Waals surface area contributed by atoms with Gasteiger partial charge in [-0.05, 0) is 24.6 Å². The van der Waals surface area contributed by atoms with Crippen molar-refractivity contribution in [3.05, 3.63) is 74.7 Å². The number of aryl methyl sites for hydroxylation is 1. The van der Waals surface area contributed by atoms with E-state index in [1.807, 2.05) is 31.2 Å². The lowest BCUT2D eigenvalue weighted by molar-refractivity contribution is -0.383. The van der Waals surface area contributed by atoms with E-state index in [0.29, 0.717) is 9.23 Å². The van der Waals surface area contributed by atoms with E-state index in [0.717, 1.165) is 11.1 Å². The highest BCUT2D eigenvalue weighted by molar-refractivity contribution is 8.26. The van der Waals surface area contributed by atoms with Crippen molar-refractivity contribution in [2.75, 3.05) is 11.9 Å². The molecule has 0 atom stereocenters. The lowest BCUT2D eigenvalue weighted by atomic mass is 10.1. The molecule has 7 nitrogen and oxygen atoms in total. The van der Waals surface area contributed by atoms with Gasteiger partial charge in [-0.25, -0.2) is 0 Å². The number of nitrogens with zero attached hydrogens (tertiary/aromatic N) is 2. The van der Waals surface area contributed by atoms with Gasteiger partial charge in [0.2, 0.25) is 5.91 Å².